The van der Waals surface area contributed by atoms with Crippen LogP contribution in [0, 0.1) is 23.7 Å². The summed E-state index contributed by atoms with van der Waals surface area (Å²) < 4.78 is 5.81. The molecule has 4 atom stereocenters. The number of amides is 1. The first-order valence-electron chi connectivity index (χ1n) is 12.5. The number of hydrogen-bond acceptors (Lipinski definition) is 6. The summed E-state index contributed by atoms with van der Waals surface area (Å²) in [4.78, 5) is 61.5. The van der Waals surface area contributed by atoms with Crippen LogP contribution in [0.4, 0.5) is 0 Å². The van der Waals surface area contributed by atoms with Gasteiger partial charge in [-0.05, 0) is 47.5 Å². The second-order valence-corrected chi connectivity index (χ2v) is 10.7. The molecule has 10 nitrogen and oxygen atoms in total. The third-order valence-electron chi connectivity index (χ3n) is 7.30. The predicted octanol–water partition coefficient (Wildman–Crippen LogP) is 4.15. The van der Waals surface area contributed by atoms with E-state index >= 15 is 0 Å². The van der Waals surface area contributed by atoms with Gasteiger partial charge in [0.1, 0.15) is 6.10 Å². The van der Waals surface area contributed by atoms with Crippen molar-refractivity contribution in [1.82, 2.24) is 5.32 Å². The predicted molar refractivity (Wildman–Crippen MR) is 148 cm³/mol. The van der Waals surface area contributed by atoms with Gasteiger partial charge in [-0.25, -0.2) is 4.79 Å². The average Bonchev–Trinajstić information content (AvgIpc) is 2.88. The number of aliphatic carboxylic acids is 3. The first-order chi connectivity index (χ1) is 19.4. The molecule has 1 amide bonds. The maximum absolute atomic E-state index is 13.2. The third kappa shape index (κ3) is 6.28. The van der Waals surface area contributed by atoms with Crippen LogP contribution >= 0.6 is 23.2 Å². The largest absolute Gasteiger partial charge is 0.481 e. The zero-order chi connectivity index (χ0) is 30.0. The minimum Gasteiger partial charge on any atom is -0.481 e. The fraction of sp³-hybridized carbons (Fsp3) is 0.276. The molecular formula is C29H25Cl2NO9. The fourth-order valence-electron chi connectivity index (χ4n) is 5.15. The number of hydrogen-bond donors (Lipinski definition) is 4. The van der Waals surface area contributed by atoms with Crippen LogP contribution in [0.5, 0.6) is 0 Å². The Morgan fingerprint density at radius 3 is 1.95 bits per heavy atom. The van der Waals surface area contributed by atoms with Gasteiger partial charge in [-0.1, -0.05) is 59.6 Å². The molecule has 3 aromatic carbocycles. The summed E-state index contributed by atoms with van der Waals surface area (Å²) in [6.07, 6.45) is -0.956. The standard InChI is InChI=1S/C29H25Cl2NO9/c1-13(32-25(33)21-22(26(34)35)24(28(38)39)23(21)27(36)37)20(11-14-6-9-18(30)19(31)10-14)41-29(40)17-8-7-15-4-2-3-5-16(15)12-17/h2-10,12-13,20-24H,11H2,1H3,(H,32,33)(H,34,35)(H,36,37)(H,38,39)/t13-,20-,21?,22-,23-,24?/m0/s1. The van der Waals surface area contributed by atoms with Crippen molar-refractivity contribution >= 4 is 63.8 Å². The number of esters is 1. The molecule has 0 aliphatic heterocycles. The van der Waals surface area contributed by atoms with E-state index in [-0.39, 0.29) is 17.0 Å². The lowest BCUT2D eigenvalue weighted by molar-refractivity contribution is -0.187. The number of nitrogens with one attached hydrogen (secondary N) is 1. The van der Waals surface area contributed by atoms with Gasteiger partial charge in [-0.15, -0.1) is 0 Å². The Balaban J connectivity index is 1.59. The van der Waals surface area contributed by atoms with Gasteiger partial charge >= 0.3 is 23.9 Å². The van der Waals surface area contributed by atoms with Crippen molar-refractivity contribution in [3.63, 3.8) is 0 Å². The van der Waals surface area contributed by atoms with Gasteiger partial charge < -0.3 is 25.4 Å². The Hall–Kier alpha value is -4.15. The molecule has 0 unspecified atom stereocenters. The highest BCUT2D eigenvalue weighted by Gasteiger charge is 2.64. The Morgan fingerprint density at radius 1 is 0.780 bits per heavy atom. The van der Waals surface area contributed by atoms with Crippen LogP contribution in [-0.2, 0) is 30.3 Å². The number of benzene rings is 3. The van der Waals surface area contributed by atoms with Crippen molar-refractivity contribution in [2.75, 3.05) is 0 Å². The molecule has 0 heterocycles. The quantitative estimate of drug-likeness (QED) is 0.249. The SMILES string of the molecule is C[C@H](NC(=O)C1[C@H](C(=O)O)C(C(=O)O)[C@H]1C(=O)O)[C@H](Cc1ccc(Cl)c(Cl)c1)OC(=O)c1ccc2ccccc2c1. The van der Waals surface area contributed by atoms with Crippen molar-refractivity contribution in [3.8, 4) is 0 Å². The van der Waals surface area contributed by atoms with Crippen LogP contribution < -0.4 is 5.32 Å². The summed E-state index contributed by atoms with van der Waals surface area (Å²) in [5.74, 6) is -13.4. The summed E-state index contributed by atoms with van der Waals surface area (Å²) in [5.41, 5.74) is 0.861. The molecule has 0 radical (unpaired) electrons. The average molecular weight is 602 g/mol. The maximum atomic E-state index is 13.2. The maximum Gasteiger partial charge on any atom is 0.338 e. The Bertz CT molecular complexity index is 1520. The molecule has 0 aromatic heterocycles. The van der Waals surface area contributed by atoms with Crippen molar-refractivity contribution in [1.29, 1.82) is 0 Å². The molecule has 1 aliphatic rings. The molecule has 12 heteroatoms. The molecule has 0 spiro atoms. The van der Waals surface area contributed by atoms with Crippen molar-refractivity contribution in [2.45, 2.75) is 25.5 Å². The minimum absolute atomic E-state index is 0.0603. The molecule has 1 aliphatic carbocycles. The van der Waals surface area contributed by atoms with E-state index in [0.29, 0.717) is 10.6 Å². The van der Waals surface area contributed by atoms with Crippen molar-refractivity contribution in [3.05, 3.63) is 81.8 Å². The van der Waals surface area contributed by atoms with Gasteiger partial charge in [0.15, 0.2) is 0 Å². The number of carbonyl (C=O) groups excluding carboxylic acids is 2. The number of rotatable bonds is 10. The number of ether oxygens (including phenoxy) is 1. The Morgan fingerprint density at radius 2 is 1.37 bits per heavy atom. The smallest absolute Gasteiger partial charge is 0.338 e. The summed E-state index contributed by atoms with van der Waals surface area (Å²) in [7, 11) is 0. The van der Waals surface area contributed by atoms with Gasteiger partial charge in [-0.3, -0.25) is 19.2 Å². The molecule has 4 N–H and O–H groups in total. The lowest BCUT2D eigenvalue weighted by atomic mass is 9.56. The van der Waals surface area contributed by atoms with Gasteiger partial charge in [0.25, 0.3) is 0 Å². The van der Waals surface area contributed by atoms with Crippen molar-refractivity contribution in [2.24, 2.45) is 23.7 Å². The molecule has 41 heavy (non-hydrogen) atoms. The normalized spacial score (nSPS) is 21.2. The first-order valence-corrected chi connectivity index (χ1v) is 13.3. The van der Waals surface area contributed by atoms with Crippen LogP contribution in [0.3, 0.4) is 0 Å². The highest BCUT2D eigenvalue weighted by atomic mass is 35.5. The number of halogens is 2. The number of fused-ring (bicyclic) bond motifs is 1. The monoisotopic (exact) mass is 601 g/mol. The van der Waals surface area contributed by atoms with E-state index in [1.165, 1.54) is 6.92 Å². The highest BCUT2D eigenvalue weighted by Crippen LogP contribution is 2.47. The van der Waals surface area contributed by atoms with Crippen molar-refractivity contribution < 1.29 is 44.0 Å². The van der Waals surface area contributed by atoms with E-state index in [9.17, 15) is 39.3 Å². The van der Waals surface area contributed by atoms with Gasteiger partial charge in [0.2, 0.25) is 5.91 Å². The first kappa shape index (κ1) is 29.8. The number of carboxylic acids is 3. The van der Waals surface area contributed by atoms with E-state index in [0.717, 1.165) is 10.8 Å². The van der Waals surface area contributed by atoms with E-state index in [4.69, 9.17) is 27.9 Å². The minimum atomic E-state index is -1.77. The van der Waals surface area contributed by atoms with E-state index in [2.05, 4.69) is 5.32 Å². The van der Waals surface area contributed by atoms with Crippen LogP contribution in [0.1, 0.15) is 22.8 Å². The van der Waals surface area contributed by atoms with E-state index in [1.807, 2.05) is 24.3 Å². The third-order valence-corrected chi connectivity index (χ3v) is 8.04. The molecule has 1 fully saturated rings. The van der Waals surface area contributed by atoms with Gasteiger partial charge in [0, 0.05) is 6.42 Å². The topological polar surface area (TPSA) is 167 Å². The molecule has 4 rings (SSSR count). The molecule has 214 valence electrons. The zero-order valence-electron chi connectivity index (χ0n) is 21.5. The van der Waals surface area contributed by atoms with Crippen LogP contribution in [0.25, 0.3) is 10.8 Å². The molecule has 3 aromatic rings. The zero-order valence-corrected chi connectivity index (χ0v) is 23.0. The summed E-state index contributed by atoms with van der Waals surface area (Å²) >= 11 is 12.2. The molecule has 0 saturated heterocycles. The molecule has 0 bridgehead atoms. The summed E-state index contributed by atoms with van der Waals surface area (Å²) in [5, 5.41) is 33.3. The second kappa shape index (κ2) is 12.2. The summed E-state index contributed by atoms with van der Waals surface area (Å²) in [6, 6.07) is 16.3. The lowest BCUT2D eigenvalue weighted by Crippen LogP contribution is -2.63. The Labute approximate surface area is 243 Å². The van der Waals surface area contributed by atoms with Crippen LogP contribution in [-0.4, -0.2) is 57.2 Å². The highest BCUT2D eigenvalue weighted by molar-refractivity contribution is 6.42. The Kier molecular flexibility index (Phi) is 8.84. The number of carbonyl (C=O) groups is 5. The van der Waals surface area contributed by atoms with E-state index < -0.39 is 65.6 Å². The molecular weight excluding hydrogens is 577 g/mol. The fourth-order valence-corrected chi connectivity index (χ4v) is 5.47. The summed E-state index contributed by atoms with van der Waals surface area (Å²) in [6.45, 7) is 1.51. The molecule has 1 saturated carbocycles. The van der Waals surface area contributed by atoms with Gasteiger partial charge in [0.05, 0.1) is 45.3 Å². The number of carboxylic acid groups (broad SMARTS) is 3. The van der Waals surface area contributed by atoms with E-state index in [1.54, 1.807) is 36.4 Å². The lowest BCUT2D eigenvalue weighted by Gasteiger charge is -2.44. The van der Waals surface area contributed by atoms with Crippen LogP contribution in [0.15, 0.2) is 60.7 Å². The van der Waals surface area contributed by atoms with Crippen LogP contribution in [0.2, 0.25) is 10.0 Å². The second-order valence-electron chi connectivity index (χ2n) is 9.87. The van der Waals surface area contributed by atoms with Gasteiger partial charge in [-0.2, -0.15) is 0 Å².